The predicted molar refractivity (Wildman–Crippen MR) is 134 cm³/mol. The van der Waals surface area contributed by atoms with Gasteiger partial charge in [0, 0.05) is 12.6 Å². The summed E-state index contributed by atoms with van der Waals surface area (Å²) < 4.78 is 21.8. The van der Waals surface area contributed by atoms with Crippen molar-refractivity contribution in [1.29, 1.82) is 0 Å². The number of methoxy groups -OCH3 is 2. The van der Waals surface area contributed by atoms with Gasteiger partial charge in [0.2, 0.25) is 5.91 Å². The minimum atomic E-state index is -0.472. The fraction of sp³-hybridized carbons (Fsp3) is 0.185. The molecule has 0 aliphatic rings. The fourth-order valence-corrected chi connectivity index (χ4v) is 3.13. The van der Waals surface area contributed by atoms with E-state index in [1.54, 1.807) is 55.7 Å². The first kappa shape index (κ1) is 25.2. The van der Waals surface area contributed by atoms with Crippen molar-refractivity contribution >= 4 is 23.6 Å². The summed E-state index contributed by atoms with van der Waals surface area (Å²) in [6, 6.07) is 21.6. The number of para-hydroxylation sites is 1. The van der Waals surface area contributed by atoms with Crippen molar-refractivity contribution in [3.8, 4) is 23.0 Å². The van der Waals surface area contributed by atoms with E-state index in [4.69, 9.17) is 18.9 Å². The van der Waals surface area contributed by atoms with Gasteiger partial charge in [-0.15, -0.1) is 0 Å². The lowest BCUT2D eigenvalue weighted by Crippen LogP contribution is -2.28. The number of carbonyl (C=O) groups excluding carboxylic acids is 2. The summed E-state index contributed by atoms with van der Waals surface area (Å²) in [5.74, 6) is 1.65. The van der Waals surface area contributed by atoms with Gasteiger partial charge < -0.3 is 29.6 Å². The molecule has 8 nitrogen and oxygen atoms in total. The van der Waals surface area contributed by atoms with Crippen LogP contribution in [0, 0.1) is 0 Å². The zero-order valence-electron chi connectivity index (χ0n) is 19.9. The van der Waals surface area contributed by atoms with Crippen molar-refractivity contribution in [2.24, 2.45) is 0 Å². The standard InChI is InChI=1S/C27H28N2O6/c1-19(30)28-24(17-20-9-14-25(32-2)26(18-20)33-3)27(31)29-21-10-12-23(13-11-21)35-16-15-34-22-7-5-4-6-8-22/h4-14,17-18H,15-16H2,1-3H3,(H,28,30)(H,29,31). The van der Waals surface area contributed by atoms with Crippen molar-refractivity contribution in [2.45, 2.75) is 6.92 Å². The molecule has 0 aliphatic heterocycles. The Morgan fingerprint density at radius 3 is 2.03 bits per heavy atom. The van der Waals surface area contributed by atoms with E-state index in [0.717, 1.165) is 5.75 Å². The van der Waals surface area contributed by atoms with Crippen LogP contribution in [-0.4, -0.2) is 39.2 Å². The number of benzene rings is 3. The first-order valence-electron chi connectivity index (χ1n) is 10.9. The normalized spacial score (nSPS) is 10.8. The molecule has 0 radical (unpaired) electrons. The smallest absolute Gasteiger partial charge is 0.272 e. The average Bonchev–Trinajstić information content (AvgIpc) is 2.87. The lowest BCUT2D eigenvalue weighted by atomic mass is 10.1. The van der Waals surface area contributed by atoms with E-state index in [9.17, 15) is 9.59 Å². The van der Waals surface area contributed by atoms with E-state index in [1.165, 1.54) is 14.0 Å². The molecule has 0 atom stereocenters. The van der Waals surface area contributed by atoms with Crippen molar-refractivity contribution in [1.82, 2.24) is 5.32 Å². The highest BCUT2D eigenvalue weighted by Crippen LogP contribution is 2.28. The third-order valence-corrected chi connectivity index (χ3v) is 4.75. The molecule has 0 spiro atoms. The molecule has 35 heavy (non-hydrogen) atoms. The van der Waals surface area contributed by atoms with Crippen LogP contribution >= 0.6 is 0 Å². The molecule has 0 aliphatic carbocycles. The molecule has 0 saturated carbocycles. The quantitative estimate of drug-likeness (QED) is 0.317. The van der Waals surface area contributed by atoms with Crippen LogP contribution in [0.5, 0.6) is 23.0 Å². The lowest BCUT2D eigenvalue weighted by molar-refractivity contribution is -0.120. The second-order valence-electron chi connectivity index (χ2n) is 7.34. The van der Waals surface area contributed by atoms with Gasteiger partial charge in [0.05, 0.1) is 14.2 Å². The maximum Gasteiger partial charge on any atom is 0.272 e. The molecule has 0 bridgehead atoms. The molecule has 3 rings (SSSR count). The lowest BCUT2D eigenvalue weighted by Gasteiger charge is -2.12. The van der Waals surface area contributed by atoms with Crippen LogP contribution in [0.2, 0.25) is 0 Å². The van der Waals surface area contributed by atoms with Gasteiger partial charge in [-0.05, 0) is 60.2 Å². The Balaban J connectivity index is 1.61. The summed E-state index contributed by atoms with van der Waals surface area (Å²) in [5, 5.41) is 5.35. The summed E-state index contributed by atoms with van der Waals surface area (Å²) >= 11 is 0. The zero-order chi connectivity index (χ0) is 25.0. The number of amides is 2. The van der Waals surface area contributed by atoms with E-state index in [-0.39, 0.29) is 11.6 Å². The number of nitrogens with one attached hydrogen (secondary N) is 2. The van der Waals surface area contributed by atoms with E-state index >= 15 is 0 Å². The van der Waals surface area contributed by atoms with Crippen LogP contribution in [0.3, 0.4) is 0 Å². The van der Waals surface area contributed by atoms with Gasteiger partial charge >= 0.3 is 0 Å². The zero-order valence-corrected chi connectivity index (χ0v) is 19.9. The van der Waals surface area contributed by atoms with Gasteiger partial charge in [-0.3, -0.25) is 9.59 Å². The molecule has 0 heterocycles. The molecular weight excluding hydrogens is 448 g/mol. The Labute approximate surface area is 204 Å². The molecule has 0 fully saturated rings. The molecule has 3 aromatic carbocycles. The van der Waals surface area contributed by atoms with E-state index < -0.39 is 5.91 Å². The fourth-order valence-electron chi connectivity index (χ4n) is 3.13. The monoisotopic (exact) mass is 476 g/mol. The Morgan fingerprint density at radius 1 is 0.800 bits per heavy atom. The first-order chi connectivity index (χ1) is 17.0. The van der Waals surface area contributed by atoms with Crippen LogP contribution < -0.4 is 29.6 Å². The van der Waals surface area contributed by atoms with Crippen molar-refractivity contribution < 1.29 is 28.5 Å². The summed E-state index contributed by atoms with van der Waals surface area (Å²) in [5.41, 5.74) is 1.29. The second-order valence-corrected chi connectivity index (χ2v) is 7.34. The molecule has 2 N–H and O–H groups in total. The van der Waals surface area contributed by atoms with Gasteiger partial charge in [0.25, 0.3) is 5.91 Å². The van der Waals surface area contributed by atoms with Gasteiger partial charge in [0.1, 0.15) is 30.4 Å². The van der Waals surface area contributed by atoms with E-state index in [0.29, 0.717) is 41.7 Å². The van der Waals surface area contributed by atoms with Crippen molar-refractivity contribution in [2.75, 3.05) is 32.8 Å². The highest BCUT2D eigenvalue weighted by Gasteiger charge is 2.13. The number of anilines is 1. The molecule has 2 amide bonds. The summed E-state index contributed by atoms with van der Waals surface area (Å²) in [6.45, 7) is 2.12. The summed E-state index contributed by atoms with van der Waals surface area (Å²) in [4.78, 5) is 24.5. The largest absolute Gasteiger partial charge is 0.493 e. The maximum absolute atomic E-state index is 12.9. The number of carbonyl (C=O) groups is 2. The number of rotatable bonds is 11. The molecular formula is C27H28N2O6. The van der Waals surface area contributed by atoms with Crippen LogP contribution in [0.25, 0.3) is 6.08 Å². The minimum Gasteiger partial charge on any atom is -0.493 e. The summed E-state index contributed by atoms with van der Waals surface area (Å²) in [7, 11) is 3.06. The second kappa shape index (κ2) is 12.7. The van der Waals surface area contributed by atoms with Crippen LogP contribution in [0.4, 0.5) is 5.69 Å². The third kappa shape index (κ3) is 7.82. The molecule has 182 valence electrons. The Bertz CT molecular complexity index is 1160. The van der Waals surface area contributed by atoms with Gasteiger partial charge in [0.15, 0.2) is 11.5 Å². The average molecular weight is 477 g/mol. The minimum absolute atomic E-state index is 0.0862. The Hall–Kier alpha value is -4.46. The van der Waals surface area contributed by atoms with Crippen LogP contribution in [-0.2, 0) is 9.59 Å². The Morgan fingerprint density at radius 2 is 1.43 bits per heavy atom. The maximum atomic E-state index is 12.9. The third-order valence-electron chi connectivity index (χ3n) is 4.75. The van der Waals surface area contributed by atoms with Crippen molar-refractivity contribution in [3.63, 3.8) is 0 Å². The SMILES string of the molecule is COc1ccc(C=C(NC(C)=O)C(=O)Nc2ccc(OCCOc3ccccc3)cc2)cc1OC. The van der Waals surface area contributed by atoms with E-state index in [2.05, 4.69) is 10.6 Å². The molecule has 0 aromatic heterocycles. The first-order valence-corrected chi connectivity index (χ1v) is 10.9. The van der Waals surface area contributed by atoms with Crippen molar-refractivity contribution in [3.05, 3.63) is 84.1 Å². The number of ether oxygens (including phenoxy) is 4. The molecule has 0 saturated heterocycles. The Kier molecular flexibility index (Phi) is 9.13. The van der Waals surface area contributed by atoms with Crippen LogP contribution in [0.1, 0.15) is 12.5 Å². The van der Waals surface area contributed by atoms with Gasteiger partial charge in [-0.2, -0.15) is 0 Å². The number of hydrogen-bond acceptors (Lipinski definition) is 6. The van der Waals surface area contributed by atoms with Gasteiger partial charge in [-0.25, -0.2) is 0 Å². The van der Waals surface area contributed by atoms with E-state index in [1.807, 2.05) is 30.3 Å². The summed E-state index contributed by atoms with van der Waals surface area (Å²) in [6.07, 6.45) is 1.56. The van der Waals surface area contributed by atoms with Crippen LogP contribution in [0.15, 0.2) is 78.5 Å². The highest BCUT2D eigenvalue weighted by molar-refractivity contribution is 6.08. The molecule has 3 aromatic rings. The molecule has 8 heteroatoms. The predicted octanol–water partition coefficient (Wildman–Crippen LogP) is 4.28. The number of hydrogen-bond donors (Lipinski definition) is 2. The molecule has 0 unspecified atom stereocenters. The highest BCUT2D eigenvalue weighted by atomic mass is 16.5. The van der Waals surface area contributed by atoms with Gasteiger partial charge in [-0.1, -0.05) is 24.3 Å². The topological polar surface area (TPSA) is 95.1 Å².